The number of piperazine rings is 1. The number of benzene rings is 1. The van der Waals surface area contributed by atoms with Gasteiger partial charge in [-0.25, -0.2) is 4.98 Å². The summed E-state index contributed by atoms with van der Waals surface area (Å²) in [6, 6.07) is 16.3. The molecule has 1 amide bonds. The van der Waals surface area contributed by atoms with E-state index in [0.717, 1.165) is 88.8 Å². The van der Waals surface area contributed by atoms with Gasteiger partial charge in [0.2, 0.25) is 5.91 Å². The molecular formula is C29H30ClN7OS. The van der Waals surface area contributed by atoms with Crippen molar-refractivity contribution in [3.63, 3.8) is 0 Å². The second kappa shape index (κ2) is 10.9. The number of hydrogen-bond donors (Lipinski definition) is 1. The number of amides is 1. The molecule has 8 nitrogen and oxygen atoms in total. The molecule has 1 saturated heterocycles. The molecule has 0 saturated carbocycles. The Kier molecular flexibility index (Phi) is 7.18. The predicted molar refractivity (Wildman–Crippen MR) is 158 cm³/mol. The van der Waals surface area contributed by atoms with Gasteiger partial charge in [0.25, 0.3) is 0 Å². The Morgan fingerprint density at radius 2 is 1.87 bits per heavy atom. The third kappa shape index (κ3) is 5.08. The summed E-state index contributed by atoms with van der Waals surface area (Å²) in [7, 11) is 1.97. The highest BCUT2D eigenvalue weighted by molar-refractivity contribution is 7.99. The molecule has 10 heteroatoms. The molecule has 39 heavy (non-hydrogen) atoms. The molecule has 2 aliphatic rings. The number of nitrogens with one attached hydrogen (secondary N) is 1. The topological polar surface area (TPSA) is 79.2 Å². The van der Waals surface area contributed by atoms with Gasteiger partial charge in [-0.1, -0.05) is 29.8 Å². The van der Waals surface area contributed by atoms with Crippen LogP contribution in [0.3, 0.4) is 0 Å². The average Bonchev–Trinajstić information content (AvgIpc) is 3.14. The van der Waals surface area contributed by atoms with Crippen LogP contribution in [0.4, 0.5) is 11.6 Å². The first kappa shape index (κ1) is 25.7. The van der Waals surface area contributed by atoms with Gasteiger partial charge in [-0.3, -0.25) is 14.5 Å². The quantitative estimate of drug-likeness (QED) is 0.372. The zero-order valence-corrected chi connectivity index (χ0v) is 23.5. The maximum atomic E-state index is 11.6. The third-order valence-corrected chi connectivity index (χ3v) is 8.94. The molecule has 6 rings (SSSR count). The van der Waals surface area contributed by atoms with Gasteiger partial charge in [-0.15, -0.1) is 11.8 Å². The van der Waals surface area contributed by atoms with E-state index >= 15 is 0 Å². The Morgan fingerprint density at radius 1 is 1.05 bits per heavy atom. The number of thioether (sulfide) groups is 1. The van der Waals surface area contributed by atoms with Crippen LogP contribution in [-0.2, 0) is 11.8 Å². The number of halogens is 1. The van der Waals surface area contributed by atoms with Crippen LogP contribution >= 0.6 is 23.4 Å². The summed E-state index contributed by atoms with van der Waals surface area (Å²) in [5.74, 6) is 3.02. The van der Waals surface area contributed by atoms with Crippen LogP contribution in [0.5, 0.6) is 0 Å². The SMILES string of the molecule is CC(=O)N1CCN(c2ccc(-c3ccc(C4SCCNc5c4c(-c4ccccn4)nn5C)c(Cl)c3)cn2)CC1. The molecule has 3 aromatic heterocycles. The fourth-order valence-electron chi connectivity index (χ4n) is 5.28. The summed E-state index contributed by atoms with van der Waals surface area (Å²) in [5, 5.41) is 9.14. The smallest absolute Gasteiger partial charge is 0.219 e. The number of rotatable bonds is 4. The van der Waals surface area contributed by atoms with Gasteiger partial charge in [-0.2, -0.15) is 5.10 Å². The number of pyridine rings is 2. The van der Waals surface area contributed by atoms with E-state index in [4.69, 9.17) is 21.7 Å². The first-order valence-electron chi connectivity index (χ1n) is 13.1. The van der Waals surface area contributed by atoms with E-state index in [-0.39, 0.29) is 11.2 Å². The largest absolute Gasteiger partial charge is 0.369 e. The number of carbonyl (C=O) groups is 1. The first-order chi connectivity index (χ1) is 19.0. The van der Waals surface area contributed by atoms with Gasteiger partial charge in [0.1, 0.15) is 17.3 Å². The van der Waals surface area contributed by atoms with E-state index in [1.54, 1.807) is 13.1 Å². The molecule has 2 aliphatic heterocycles. The van der Waals surface area contributed by atoms with Gasteiger partial charge in [0.15, 0.2) is 0 Å². The highest BCUT2D eigenvalue weighted by Crippen LogP contribution is 2.47. The standard InChI is InChI=1S/C29H30ClN7OS/c1-19(38)36-12-14-37(15-13-36)25-9-7-21(18-33-25)20-6-8-22(23(30)17-20)28-26-27(24-5-3-4-10-31-24)34-35(2)29(26)32-11-16-39-28/h3-10,17-18,28,32H,11-16H2,1-2H3. The summed E-state index contributed by atoms with van der Waals surface area (Å²) >= 11 is 8.86. The summed E-state index contributed by atoms with van der Waals surface area (Å²) in [6.07, 6.45) is 3.70. The number of anilines is 2. The average molecular weight is 560 g/mol. The summed E-state index contributed by atoms with van der Waals surface area (Å²) in [4.78, 5) is 25.0. The van der Waals surface area contributed by atoms with Crippen molar-refractivity contribution in [1.29, 1.82) is 0 Å². The van der Waals surface area contributed by atoms with Crippen LogP contribution in [0, 0.1) is 0 Å². The molecule has 0 bridgehead atoms. The monoisotopic (exact) mass is 559 g/mol. The fraction of sp³-hybridized carbons (Fsp3) is 0.310. The molecule has 1 N–H and O–H groups in total. The van der Waals surface area contributed by atoms with Crippen LogP contribution in [-0.4, -0.2) is 69.0 Å². The van der Waals surface area contributed by atoms with Gasteiger partial charge < -0.3 is 15.1 Å². The van der Waals surface area contributed by atoms with Crippen molar-refractivity contribution in [1.82, 2.24) is 24.6 Å². The van der Waals surface area contributed by atoms with Crippen LogP contribution in [0.1, 0.15) is 23.3 Å². The lowest BCUT2D eigenvalue weighted by Crippen LogP contribution is -2.48. The number of fused-ring (bicyclic) bond motifs is 1. The maximum Gasteiger partial charge on any atom is 0.219 e. The van der Waals surface area contributed by atoms with E-state index < -0.39 is 0 Å². The van der Waals surface area contributed by atoms with Crippen molar-refractivity contribution in [3.8, 4) is 22.5 Å². The van der Waals surface area contributed by atoms with Gasteiger partial charge in [0, 0.05) is 81.0 Å². The highest BCUT2D eigenvalue weighted by atomic mass is 35.5. The lowest BCUT2D eigenvalue weighted by atomic mass is 9.99. The molecule has 4 aromatic rings. The summed E-state index contributed by atoms with van der Waals surface area (Å²) in [5.41, 5.74) is 5.95. The zero-order valence-electron chi connectivity index (χ0n) is 22.0. The number of carbonyl (C=O) groups excluding carboxylic acids is 1. The molecule has 1 atom stereocenters. The van der Waals surface area contributed by atoms with Crippen LogP contribution < -0.4 is 10.2 Å². The van der Waals surface area contributed by atoms with Gasteiger partial charge in [0.05, 0.1) is 10.9 Å². The molecule has 1 unspecified atom stereocenters. The molecule has 1 aromatic carbocycles. The minimum absolute atomic E-state index is 0.0245. The molecule has 0 radical (unpaired) electrons. The minimum atomic E-state index is 0.0245. The molecule has 200 valence electrons. The lowest BCUT2D eigenvalue weighted by Gasteiger charge is -2.34. The third-order valence-electron chi connectivity index (χ3n) is 7.35. The molecule has 5 heterocycles. The molecule has 1 fully saturated rings. The lowest BCUT2D eigenvalue weighted by molar-refractivity contribution is -0.129. The van der Waals surface area contributed by atoms with E-state index in [0.29, 0.717) is 0 Å². The second-order valence-corrected chi connectivity index (χ2v) is 11.4. The zero-order chi connectivity index (χ0) is 26.9. The van der Waals surface area contributed by atoms with E-state index in [9.17, 15) is 4.79 Å². The van der Waals surface area contributed by atoms with Crippen molar-refractivity contribution in [2.45, 2.75) is 12.2 Å². The Hall–Kier alpha value is -3.56. The number of aromatic nitrogens is 4. The highest BCUT2D eigenvalue weighted by Gasteiger charge is 2.31. The Labute approximate surface area is 237 Å². The van der Waals surface area contributed by atoms with Crippen molar-refractivity contribution >= 4 is 40.9 Å². The fourth-order valence-corrected chi connectivity index (χ4v) is 6.86. The van der Waals surface area contributed by atoms with Crippen molar-refractivity contribution in [2.75, 3.05) is 48.7 Å². The second-order valence-electron chi connectivity index (χ2n) is 9.76. The van der Waals surface area contributed by atoms with E-state index in [2.05, 4.69) is 39.5 Å². The minimum Gasteiger partial charge on any atom is -0.369 e. The Morgan fingerprint density at radius 3 is 2.56 bits per heavy atom. The number of nitrogens with zero attached hydrogens (tertiary/aromatic N) is 6. The van der Waals surface area contributed by atoms with Crippen molar-refractivity contribution in [3.05, 3.63) is 77.1 Å². The van der Waals surface area contributed by atoms with E-state index in [1.165, 1.54) is 0 Å². The first-order valence-corrected chi connectivity index (χ1v) is 14.5. The molecule has 0 aliphatic carbocycles. The maximum absolute atomic E-state index is 11.6. The Balaban J connectivity index is 1.27. The van der Waals surface area contributed by atoms with Crippen molar-refractivity contribution in [2.24, 2.45) is 7.05 Å². The normalized spacial score (nSPS) is 17.4. The van der Waals surface area contributed by atoms with Crippen LogP contribution in [0.15, 0.2) is 60.9 Å². The predicted octanol–water partition coefficient (Wildman–Crippen LogP) is 5.11. The summed E-state index contributed by atoms with van der Waals surface area (Å²) in [6.45, 7) is 5.51. The number of hydrogen-bond acceptors (Lipinski definition) is 7. The summed E-state index contributed by atoms with van der Waals surface area (Å²) < 4.78 is 1.91. The van der Waals surface area contributed by atoms with Crippen LogP contribution in [0.2, 0.25) is 5.02 Å². The molecular weight excluding hydrogens is 530 g/mol. The van der Waals surface area contributed by atoms with Crippen LogP contribution in [0.25, 0.3) is 22.5 Å². The van der Waals surface area contributed by atoms with Gasteiger partial charge in [-0.05, 0) is 41.5 Å². The van der Waals surface area contributed by atoms with Crippen molar-refractivity contribution < 1.29 is 4.79 Å². The van der Waals surface area contributed by atoms with E-state index in [1.807, 2.05) is 58.9 Å². The van der Waals surface area contributed by atoms with Gasteiger partial charge >= 0.3 is 0 Å². The Bertz CT molecular complexity index is 1480. The molecule has 0 spiro atoms. The number of aryl methyl sites for hydroxylation is 1.